The second kappa shape index (κ2) is 8.28. The summed E-state index contributed by atoms with van der Waals surface area (Å²) < 4.78 is 5.40. The van der Waals surface area contributed by atoms with Gasteiger partial charge in [-0.3, -0.25) is 19.2 Å². The molecule has 5 rings (SSSR count). The number of hydrogen-bond acceptors (Lipinski definition) is 5. The summed E-state index contributed by atoms with van der Waals surface area (Å²) in [6.07, 6.45) is 0.737. The molecule has 1 saturated carbocycles. The minimum atomic E-state index is -0.980. The van der Waals surface area contributed by atoms with Crippen molar-refractivity contribution in [3.05, 3.63) is 30.0 Å². The molecule has 2 aliphatic heterocycles. The summed E-state index contributed by atoms with van der Waals surface area (Å²) in [5.41, 5.74) is 6.63. The summed E-state index contributed by atoms with van der Waals surface area (Å²) in [6.45, 7) is 5.17. The maximum Gasteiger partial charge on any atom is 0.271 e. The van der Waals surface area contributed by atoms with Gasteiger partial charge in [-0.2, -0.15) is 0 Å². The van der Waals surface area contributed by atoms with Gasteiger partial charge >= 0.3 is 0 Å². The molecule has 0 radical (unpaired) electrons. The Balaban J connectivity index is 1.39. The number of rotatable bonds is 7. The molecule has 10 nitrogen and oxygen atoms in total. The van der Waals surface area contributed by atoms with Crippen molar-refractivity contribution in [2.75, 3.05) is 20.2 Å². The van der Waals surface area contributed by atoms with Gasteiger partial charge in [0.25, 0.3) is 5.91 Å². The molecule has 1 aromatic carbocycles. The molecule has 186 valence electrons. The summed E-state index contributed by atoms with van der Waals surface area (Å²) in [5.74, 6) is -1.07. The molecule has 5 N–H and O–H groups in total. The van der Waals surface area contributed by atoms with E-state index in [1.54, 1.807) is 18.1 Å². The number of nitrogens with zero attached hydrogens (tertiary/aromatic N) is 1. The SMILES string of the molecule is COc1cccc2[nH]c(C(=O)N3C[C@H]4[C@@H]([C@H]3C(=O)N[C@@H](C[C@@H]3CCNC3=O)C(N)=O)C4(C)C)cc12. The van der Waals surface area contributed by atoms with E-state index in [4.69, 9.17) is 10.5 Å². The second-order valence-electron chi connectivity index (χ2n) is 10.4. The van der Waals surface area contributed by atoms with Crippen LogP contribution in [0.1, 0.15) is 37.2 Å². The maximum atomic E-state index is 13.6. The number of aromatic amines is 1. The summed E-state index contributed by atoms with van der Waals surface area (Å²) in [6, 6.07) is 5.56. The number of benzene rings is 1. The molecule has 1 aliphatic carbocycles. The first-order valence-electron chi connectivity index (χ1n) is 12.0. The van der Waals surface area contributed by atoms with Crippen molar-refractivity contribution in [2.24, 2.45) is 28.9 Å². The van der Waals surface area contributed by atoms with Crippen LogP contribution in [0.15, 0.2) is 24.3 Å². The number of carbonyl (C=O) groups excluding carboxylic acids is 4. The van der Waals surface area contributed by atoms with E-state index in [-0.39, 0.29) is 41.4 Å². The minimum Gasteiger partial charge on any atom is -0.496 e. The van der Waals surface area contributed by atoms with E-state index < -0.39 is 23.9 Å². The quantitative estimate of drug-likeness (QED) is 0.461. The highest BCUT2D eigenvalue weighted by atomic mass is 16.5. The number of amides is 4. The average Bonchev–Trinajstić information content (AvgIpc) is 3.33. The fourth-order valence-electron chi connectivity index (χ4n) is 6.03. The van der Waals surface area contributed by atoms with Gasteiger partial charge in [-0.1, -0.05) is 19.9 Å². The molecule has 1 aromatic heterocycles. The van der Waals surface area contributed by atoms with Gasteiger partial charge in [0.15, 0.2) is 0 Å². The average molecular weight is 482 g/mol. The molecular weight excluding hydrogens is 450 g/mol. The molecular formula is C25H31N5O5. The first-order chi connectivity index (χ1) is 16.6. The van der Waals surface area contributed by atoms with E-state index in [1.165, 1.54) is 0 Å². The molecule has 0 bridgehead atoms. The number of likely N-dealkylation sites (tertiary alicyclic amines) is 1. The first-order valence-corrected chi connectivity index (χ1v) is 12.0. The van der Waals surface area contributed by atoms with Crippen molar-refractivity contribution in [3.63, 3.8) is 0 Å². The van der Waals surface area contributed by atoms with Crippen molar-refractivity contribution < 1.29 is 23.9 Å². The first kappa shape index (κ1) is 23.2. The monoisotopic (exact) mass is 481 g/mol. The molecule has 3 fully saturated rings. The van der Waals surface area contributed by atoms with E-state index in [9.17, 15) is 19.2 Å². The molecule has 35 heavy (non-hydrogen) atoms. The fourth-order valence-corrected chi connectivity index (χ4v) is 6.03. The Morgan fingerprint density at radius 3 is 2.74 bits per heavy atom. The Labute approximate surface area is 202 Å². The standard InChI is InChI=1S/C25H31N5O5/c1-25(2)14-11-30(24(34)17-10-13-15(28-17)5-4-6-18(13)35-3)20(19(14)25)23(33)29-16(21(26)31)9-12-7-8-27-22(12)32/h4-6,10,12,14,16,19-20,28H,7-9,11H2,1-3H3,(H2,26,31)(H,27,32)(H,29,33)/t12-,14-,16-,19-,20-/m0/s1. The predicted molar refractivity (Wildman–Crippen MR) is 127 cm³/mol. The Morgan fingerprint density at radius 2 is 2.09 bits per heavy atom. The van der Waals surface area contributed by atoms with E-state index in [2.05, 4.69) is 29.5 Å². The number of aromatic nitrogens is 1. The molecule has 2 aromatic rings. The zero-order chi connectivity index (χ0) is 25.1. The Morgan fingerprint density at radius 1 is 1.31 bits per heavy atom. The number of nitrogens with two attached hydrogens (primary N) is 1. The van der Waals surface area contributed by atoms with Crippen LogP contribution in [-0.2, 0) is 14.4 Å². The number of ether oxygens (including phenoxy) is 1. The molecule has 0 unspecified atom stereocenters. The van der Waals surface area contributed by atoms with E-state index in [0.29, 0.717) is 31.0 Å². The number of nitrogens with one attached hydrogen (secondary N) is 3. The van der Waals surface area contributed by atoms with Crippen molar-refractivity contribution >= 4 is 34.5 Å². The Bertz CT molecular complexity index is 1220. The topological polar surface area (TPSA) is 147 Å². The number of carbonyl (C=O) groups is 4. The van der Waals surface area contributed by atoms with Crippen LogP contribution < -0.4 is 21.1 Å². The largest absolute Gasteiger partial charge is 0.496 e. The van der Waals surface area contributed by atoms with E-state index in [1.807, 2.05) is 18.2 Å². The zero-order valence-electron chi connectivity index (χ0n) is 20.1. The fraction of sp³-hybridized carbons (Fsp3) is 0.520. The molecule has 3 aliphatic rings. The third-order valence-corrected chi connectivity index (χ3v) is 8.16. The van der Waals surface area contributed by atoms with Crippen LogP contribution in [0.3, 0.4) is 0 Å². The van der Waals surface area contributed by atoms with Gasteiger partial charge < -0.3 is 31.0 Å². The molecule has 3 heterocycles. The predicted octanol–water partition coefficient (Wildman–Crippen LogP) is 0.769. The van der Waals surface area contributed by atoms with Gasteiger partial charge in [0.05, 0.1) is 7.11 Å². The summed E-state index contributed by atoms with van der Waals surface area (Å²) in [7, 11) is 1.57. The van der Waals surface area contributed by atoms with Crippen LogP contribution in [0.4, 0.5) is 0 Å². The molecule has 10 heteroatoms. The number of methoxy groups -OCH3 is 1. The number of piperidine rings is 1. The number of primary amides is 1. The summed E-state index contributed by atoms with van der Waals surface area (Å²) >= 11 is 0. The lowest BCUT2D eigenvalue weighted by molar-refractivity contribution is -0.131. The van der Waals surface area contributed by atoms with Gasteiger partial charge in [0.2, 0.25) is 17.7 Å². The lowest BCUT2D eigenvalue weighted by Crippen LogP contribution is -2.55. The number of hydrogen-bond donors (Lipinski definition) is 4. The van der Waals surface area contributed by atoms with Crippen molar-refractivity contribution in [3.8, 4) is 5.75 Å². The number of H-pyrrole nitrogens is 1. The Hall–Kier alpha value is -3.56. The van der Waals surface area contributed by atoms with Gasteiger partial charge in [0, 0.05) is 29.9 Å². The van der Waals surface area contributed by atoms with Crippen molar-refractivity contribution in [1.82, 2.24) is 20.5 Å². The lowest BCUT2D eigenvalue weighted by Gasteiger charge is -2.31. The maximum absolute atomic E-state index is 13.6. The molecule has 2 saturated heterocycles. The van der Waals surface area contributed by atoms with Crippen LogP contribution in [-0.4, -0.2) is 65.8 Å². The van der Waals surface area contributed by atoms with Crippen LogP contribution in [0.25, 0.3) is 10.9 Å². The summed E-state index contributed by atoms with van der Waals surface area (Å²) in [4.78, 5) is 56.0. The number of fused-ring (bicyclic) bond motifs is 2. The molecule has 5 atom stereocenters. The third kappa shape index (κ3) is 3.81. The second-order valence-corrected chi connectivity index (χ2v) is 10.4. The van der Waals surface area contributed by atoms with Gasteiger partial charge in [0.1, 0.15) is 23.5 Å². The highest BCUT2D eigenvalue weighted by molar-refractivity contribution is 6.02. The highest BCUT2D eigenvalue weighted by Gasteiger charge is 2.69. The summed E-state index contributed by atoms with van der Waals surface area (Å²) in [5, 5.41) is 6.29. The third-order valence-electron chi connectivity index (χ3n) is 8.16. The van der Waals surface area contributed by atoms with Crippen LogP contribution in [0, 0.1) is 23.2 Å². The van der Waals surface area contributed by atoms with Crippen LogP contribution >= 0.6 is 0 Å². The van der Waals surface area contributed by atoms with E-state index in [0.717, 1.165) is 10.9 Å². The molecule has 0 spiro atoms. The van der Waals surface area contributed by atoms with Gasteiger partial charge in [-0.15, -0.1) is 0 Å². The van der Waals surface area contributed by atoms with Gasteiger partial charge in [-0.05, 0) is 48.3 Å². The van der Waals surface area contributed by atoms with Crippen LogP contribution in [0.5, 0.6) is 5.75 Å². The van der Waals surface area contributed by atoms with Gasteiger partial charge in [-0.25, -0.2) is 0 Å². The highest BCUT2D eigenvalue weighted by Crippen LogP contribution is 2.65. The zero-order valence-corrected chi connectivity index (χ0v) is 20.1. The van der Waals surface area contributed by atoms with Crippen molar-refractivity contribution in [1.29, 1.82) is 0 Å². The smallest absolute Gasteiger partial charge is 0.271 e. The molecule has 4 amide bonds. The minimum absolute atomic E-state index is 0.0197. The van der Waals surface area contributed by atoms with E-state index >= 15 is 0 Å². The van der Waals surface area contributed by atoms with Crippen LogP contribution in [0.2, 0.25) is 0 Å². The normalized spacial score (nSPS) is 27.3. The lowest BCUT2D eigenvalue weighted by atomic mass is 9.96. The Kier molecular flexibility index (Phi) is 5.49. The van der Waals surface area contributed by atoms with Crippen molar-refractivity contribution in [2.45, 2.75) is 38.8 Å².